The summed E-state index contributed by atoms with van der Waals surface area (Å²) in [6.07, 6.45) is 2.33. The lowest BCUT2D eigenvalue weighted by Gasteiger charge is -2.15. The summed E-state index contributed by atoms with van der Waals surface area (Å²) in [5, 5.41) is 0. The third kappa shape index (κ3) is 5.80. The molecule has 0 heterocycles. The molecule has 0 amide bonds. The van der Waals surface area contributed by atoms with Gasteiger partial charge in [-0.3, -0.25) is 0 Å². The van der Waals surface area contributed by atoms with E-state index in [9.17, 15) is 0 Å². The summed E-state index contributed by atoms with van der Waals surface area (Å²) in [5.74, 6) is 0. The minimum atomic E-state index is 0.366. The Hall–Kier alpha value is -0.0800. The summed E-state index contributed by atoms with van der Waals surface area (Å²) < 4.78 is 0. The minimum absolute atomic E-state index is 0.366. The van der Waals surface area contributed by atoms with Crippen molar-refractivity contribution in [2.24, 2.45) is 5.73 Å². The van der Waals surface area contributed by atoms with Crippen molar-refractivity contribution in [2.45, 2.75) is 25.8 Å². The summed E-state index contributed by atoms with van der Waals surface area (Å²) in [5.41, 5.74) is 5.74. The molecule has 2 heteroatoms. The van der Waals surface area contributed by atoms with E-state index in [1.54, 1.807) is 0 Å². The van der Waals surface area contributed by atoms with Crippen molar-refractivity contribution in [1.82, 2.24) is 4.90 Å². The van der Waals surface area contributed by atoms with E-state index in [0.29, 0.717) is 6.04 Å². The first-order chi connectivity index (χ1) is 4.16. The van der Waals surface area contributed by atoms with Crippen LogP contribution in [-0.4, -0.2) is 31.6 Å². The van der Waals surface area contributed by atoms with Crippen molar-refractivity contribution in [3.8, 4) is 0 Å². The van der Waals surface area contributed by atoms with Gasteiger partial charge in [-0.1, -0.05) is 13.3 Å². The fraction of sp³-hybridized carbons (Fsp3) is 1.00. The van der Waals surface area contributed by atoms with Crippen LogP contribution in [0.4, 0.5) is 0 Å². The van der Waals surface area contributed by atoms with Gasteiger partial charge in [-0.2, -0.15) is 0 Å². The molecule has 0 radical (unpaired) electrons. The normalized spacial score (nSPS) is 14.3. The van der Waals surface area contributed by atoms with E-state index in [1.807, 2.05) is 0 Å². The summed E-state index contributed by atoms with van der Waals surface area (Å²) in [7, 11) is 4.10. The number of hydrogen-bond acceptors (Lipinski definition) is 2. The molecule has 0 aromatic rings. The maximum atomic E-state index is 5.74. The molecule has 0 aromatic carbocycles. The van der Waals surface area contributed by atoms with Crippen LogP contribution in [0, 0.1) is 0 Å². The molecule has 0 unspecified atom stereocenters. The molecule has 0 rings (SSSR count). The van der Waals surface area contributed by atoms with E-state index >= 15 is 0 Å². The molecule has 0 aliphatic carbocycles. The molecule has 0 fully saturated rings. The zero-order chi connectivity index (χ0) is 7.28. The zero-order valence-corrected chi connectivity index (χ0v) is 6.72. The largest absolute Gasteiger partial charge is 0.327 e. The molecule has 0 spiro atoms. The highest BCUT2D eigenvalue weighted by Gasteiger charge is 2.00. The predicted octanol–water partition coefficient (Wildman–Crippen LogP) is 0.675. The maximum absolute atomic E-state index is 5.74. The van der Waals surface area contributed by atoms with Crippen molar-refractivity contribution in [1.29, 1.82) is 0 Å². The van der Waals surface area contributed by atoms with Crippen LogP contribution in [0.3, 0.4) is 0 Å². The van der Waals surface area contributed by atoms with E-state index in [0.717, 1.165) is 13.0 Å². The van der Waals surface area contributed by atoms with Crippen molar-refractivity contribution in [3.63, 3.8) is 0 Å². The number of likely N-dealkylation sites (N-methyl/N-ethyl adjacent to an activating group) is 1. The van der Waals surface area contributed by atoms with Crippen molar-refractivity contribution < 1.29 is 0 Å². The topological polar surface area (TPSA) is 29.3 Å². The molecule has 0 bridgehead atoms. The summed E-state index contributed by atoms with van der Waals surface area (Å²) >= 11 is 0. The lowest BCUT2D eigenvalue weighted by Crippen LogP contribution is -2.32. The molecular weight excluding hydrogens is 112 g/mol. The third-order valence-electron chi connectivity index (χ3n) is 1.26. The van der Waals surface area contributed by atoms with Crippen LogP contribution in [0.25, 0.3) is 0 Å². The molecule has 1 atom stereocenters. The Balaban J connectivity index is 3.15. The SMILES string of the molecule is CCC[C@H](N)CN(C)C. The smallest absolute Gasteiger partial charge is 0.0167 e. The number of nitrogens with two attached hydrogens (primary N) is 1. The molecule has 0 aliphatic heterocycles. The number of nitrogens with zero attached hydrogens (tertiary/aromatic N) is 1. The van der Waals surface area contributed by atoms with Crippen LogP contribution < -0.4 is 5.73 Å². The van der Waals surface area contributed by atoms with E-state index in [-0.39, 0.29) is 0 Å². The van der Waals surface area contributed by atoms with Crippen LogP contribution >= 0.6 is 0 Å². The van der Waals surface area contributed by atoms with Gasteiger partial charge in [0.15, 0.2) is 0 Å². The Morgan fingerprint density at radius 2 is 2.00 bits per heavy atom. The van der Waals surface area contributed by atoms with Gasteiger partial charge in [0.25, 0.3) is 0 Å². The lowest BCUT2D eigenvalue weighted by molar-refractivity contribution is 0.362. The van der Waals surface area contributed by atoms with Gasteiger partial charge in [-0.25, -0.2) is 0 Å². The van der Waals surface area contributed by atoms with E-state index < -0.39 is 0 Å². The number of hydrogen-bond donors (Lipinski definition) is 1. The average Bonchev–Trinajstić information content (AvgIpc) is 1.63. The Kier molecular flexibility index (Phi) is 4.72. The van der Waals surface area contributed by atoms with Gasteiger partial charge in [0, 0.05) is 12.6 Å². The molecular formula is C7H18N2. The van der Waals surface area contributed by atoms with Crippen LogP contribution in [-0.2, 0) is 0 Å². The second kappa shape index (κ2) is 4.77. The fourth-order valence-corrected chi connectivity index (χ4v) is 0.931. The maximum Gasteiger partial charge on any atom is 0.0167 e. The molecule has 2 nitrogen and oxygen atoms in total. The first-order valence-corrected chi connectivity index (χ1v) is 3.57. The summed E-state index contributed by atoms with van der Waals surface area (Å²) in [6.45, 7) is 3.17. The Labute approximate surface area is 58.0 Å². The van der Waals surface area contributed by atoms with Gasteiger partial charge in [0.2, 0.25) is 0 Å². The van der Waals surface area contributed by atoms with Gasteiger partial charge >= 0.3 is 0 Å². The van der Waals surface area contributed by atoms with Gasteiger partial charge in [0.05, 0.1) is 0 Å². The predicted molar refractivity (Wildman–Crippen MR) is 41.4 cm³/mol. The third-order valence-corrected chi connectivity index (χ3v) is 1.26. The van der Waals surface area contributed by atoms with Crippen LogP contribution in [0.15, 0.2) is 0 Å². The summed E-state index contributed by atoms with van der Waals surface area (Å²) in [4.78, 5) is 2.13. The van der Waals surface area contributed by atoms with Crippen LogP contribution in [0.1, 0.15) is 19.8 Å². The Bertz CT molecular complexity index is 61.9. The summed E-state index contributed by atoms with van der Waals surface area (Å²) in [6, 6.07) is 0.366. The molecule has 9 heavy (non-hydrogen) atoms. The Morgan fingerprint density at radius 1 is 1.44 bits per heavy atom. The van der Waals surface area contributed by atoms with Gasteiger partial charge in [-0.05, 0) is 20.5 Å². The van der Waals surface area contributed by atoms with E-state index in [4.69, 9.17) is 5.73 Å². The molecule has 0 saturated heterocycles. The van der Waals surface area contributed by atoms with Crippen molar-refractivity contribution in [3.05, 3.63) is 0 Å². The van der Waals surface area contributed by atoms with Gasteiger partial charge in [0.1, 0.15) is 0 Å². The molecule has 2 N–H and O–H groups in total. The monoisotopic (exact) mass is 130 g/mol. The molecule has 56 valence electrons. The number of rotatable bonds is 4. The molecule has 0 saturated carbocycles. The highest BCUT2D eigenvalue weighted by molar-refractivity contribution is 4.62. The first-order valence-electron chi connectivity index (χ1n) is 3.57. The fourth-order valence-electron chi connectivity index (χ4n) is 0.931. The lowest BCUT2D eigenvalue weighted by atomic mass is 10.2. The standard InChI is InChI=1S/C7H18N2/c1-4-5-7(8)6-9(2)3/h7H,4-6,8H2,1-3H3/t7-/m0/s1. The van der Waals surface area contributed by atoms with Gasteiger partial charge in [-0.15, -0.1) is 0 Å². The van der Waals surface area contributed by atoms with E-state index in [1.165, 1.54) is 6.42 Å². The highest BCUT2D eigenvalue weighted by atomic mass is 15.1. The first kappa shape index (κ1) is 8.92. The van der Waals surface area contributed by atoms with Crippen LogP contribution in [0.5, 0.6) is 0 Å². The Morgan fingerprint density at radius 3 is 2.33 bits per heavy atom. The van der Waals surface area contributed by atoms with Crippen LogP contribution in [0.2, 0.25) is 0 Å². The zero-order valence-electron chi connectivity index (χ0n) is 6.72. The molecule has 0 aromatic heterocycles. The average molecular weight is 130 g/mol. The molecule has 0 aliphatic rings. The highest BCUT2D eigenvalue weighted by Crippen LogP contribution is 1.93. The minimum Gasteiger partial charge on any atom is -0.327 e. The second-order valence-corrected chi connectivity index (χ2v) is 2.81. The van der Waals surface area contributed by atoms with Gasteiger partial charge < -0.3 is 10.6 Å². The van der Waals surface area contributed by atoms with E-state index in [2.05, 4.69) is 25.9 Å². The van der Waals surface area contributed by atoms with Crippen molar-refractivity contribution in [2.75, 3.05) is 20.6 Å². The second-order valence-electron chi connectivity index (χ2n) is 2.81. The quantitative estimate of drug-likeness (QED) is 0.606. The van der Waals surface area contributed by atoms with Crippen molar-refractivity contribution >= 4 is 0 Å².